The van der Waals surface area contributed by atoms with Crippen LogP contribution in [0.1, 0.15) is 0 Å². The Bertz CT molecular complexity index is 9160. The van der Waals surface area contributed by atoms with Gasteiger partial charge in [0.15, 0.2) is 16.7 Å². The summed E-state index contributed by atoms with van der Waals surface area (Å²) in [4.78, 5) is 6.99. The van der Waals surface area contributed by atoms with Crippen molar-refractivity contribution in [3.63, 3.8) is 0 Å². The Balaban J connectivity index is 0.000000113. The normalized spacial score (nSPS) is 11.3. The van der Waals surface area contributed by atoms with Gasteiger partial charge in [-0.05, 0) is 225 Å². The molecule has 0 unspecified atom stereocenters. The highest BCUT2D eigenvalue weighted by Crippen LogP contribution is 2.53. The van der Waals surface area contributed by atoms with E-state index in [0.717, 1.165) is 167 Å². The van der Waals surface area contributed by atoms with E-state index in [1.807, 2.05) is 0 Å². The molecule has 24 aromatic carbocycles. The van der Waals surface area contributed by atoms with Crippen LogP contribution in [0.3, 0.4) is 0 Å². The molecule has 3 heterocycles. The summed E-state index contributed by atoms with van der Waals surface area (Å²) in [6, 6.07) is 200. The molecule has 0 aliphatic heterocycles. The third-order valence-corrected chi connectivity index (χ3v) is 27.7. The van der Waals surface area contributed by atoms with E-state index in [2.05, 4.69) is 579 Å². The third-order valence-electron chi connectivity index (χ3n) is 27.7. The van der Waals surface area contributed by atoms with Gasteiger partial charge in [-0.15, -0.1) is 0 Å². The van der Waals surface area contributed by atoms with Gasteiger partial charge in [-0.3, -0.25) is 0 Å². The lowest BCUT2D eigenvalue weighted by Gasteiger charge is -2.26. The molecule has 678 valence electrons. The SMILES string of the molecule is c1ccc(-c2ccc(N(c3ccc(-c4ccccc4)cc3)c3cccc4c3oc3c(-c5ccccc5)cc5ccccc5c34)cc2)cc1.c1ccc(-c2ccc(N(c3cccc(-c4ccccc4)c3)c3cccc4c3oc3c(-c5ccccc5)cc5ccccc5c34)cc2)cc1.c1ccc(-c2cccc(N(c3cccc(-c4ccccc4)c3)c3cccc4c3oc3c(-c5ccccc5)cc5ccccc5c34)c2)cc1. The fourth-order valence-electron chi connectivity index (χ4n) is 20.9. The minimum atomic E-state index is 0.858. The van der Waals surface area contributed by atoms with E-state index in [0.29, 0.717) is 0 Å². The standard InChI is InChI=1S/3C46H31NO/c1-4-15-32(16-5-1)35-22-12-24-38(29-35)47(39-25-13-23-36(30-39)33-17-6-2-7-18-33)43-28-14-27-41-44-40-26-11-10-21-37(40)31-42(46(44)48-45(41)43)34-19-8-3-9-20-34;1-4-14-32(15-5-1)34-26-28-38(29-27-34)47(39-22-12-21-36(30-39)33-16-6-2-7-17-33)43-25-13-24-41-44-40-23-11-10-20-37(40)31-42(46(44)48-45(41)43)35-18-8-3-9-19-35;1-4-13-32(14-5-1)34-23-27-38(28-24-34)47(39-29-25-35(26-30-39)33-15-6-2-7-16-33)43-22-12-21-41-44-40-20-11-10-19-37(40)31-42(46(44)48-45(41)43)36-17-8-3-9-18-36/h3*1-31H. The van der Waals surface area contributed by atoms with Crippen LogP contribution in [0.4, 0.5) is 51.2 Å². The van der Waals surface area contributed by atoms with Gasteiger partial charge in [-0.1, -0.05) is 455 Å². The fraction of sp³-hybridized carbons (Fsp3) is 0. The molecule has 0 saturated carbocycles. The highest BCUT2D eigenvalue weighted by atomic mass is 16.3. The lowest BCUT2D eigenvalue weighted by molar-refractivity contribution is 0.670. The van der Waals surface area contributed by atoms with Gasteiger partial charge in [-0.2, -0.15) is 0 Å². The third kappa shape index (κ3) is 16.6. The molecule has 0 bridgehead atoms. The zero-order valence-electron chi connectivity index (χ0n) is 78.8. The molecule has 0 aliphatic rings. The largest absolute Gasteiger partial charge is 0.453 e. The van der Waals surface area contributed by atoms with Crippen LogP contribution in [0.5, 0.6) is 0 Å². The Morgan fingerprint density at radius 2 is 0.306 bits per heavy atom. The van der Waals surface area contributed by atoms with Crippen molar-refractivity contribution in [1.82, 2.24) is 0 Å². The number of rotatable bonds is 18. The molecule has 0 saturated heterocycles. The van der Waals surface area contributed by atoms with Crippen molar-refractivity contribution in [2.45, 2.75) is 0 Å². The Hall–Kier alpha value is -19.1. The number of benzene rings is 24. The summed E-state index contributed by atoms with van der Waals surface area (Å²) in [7, 11) is 0. The van der Waals surface area contributed by atoms with Crippen molar-refractivity contribution in [1.29, 1.82) is 0 Å². The van der Waals surface area contributed by atoms with Gasteiger partial charge in [0, 0.05) is 83.1 Å². The molecule has 0 spiro atoms. The molecule has 0 aliphatic carbocycles. The summed E-state index contributed by atoms with van der Waals surface area (Å²) in [5.74, 6) is 0. The Morgan fingerprint density at radius 1 is 0.118 bits per heavy atom. The number of furan rings is 3. The minimum absolute atomic E-state index is 0.858. The smallest absolute Gasteiger partial charge is 0.159 e. The molecule has 0 atom stereocenters. The van der Waals surface area contributed by atoms with E-state index in [-0.39, 0.29) is 0 Å². The first-order valence-corrected chi connectivity index (χ1v) is 49.1. The summed E-state index contributed by atoms with van der Waals surface area (Å²) in [6.45, 7) is 0. The van der Waals surface area contributed by atoms with Crippen molar-refractivity contribution in [2.75, 3.05) is 14.7 Å². The Kier molecular flexibility index (Phi) is 23.0. The molecule has 6 heteroatoms. The molecule has 3 aromatic heterocycles. The van der Waals surface area contributed by atoms with E-state index in [1.165, 1.54) is 82.4 Å². The highest BCUT2D eigenvalue weighted by Gasteiger charge is 2.29. The molecular weight excluding hydrogens is 1750 g/mol. The lowest BCUT2D eigenvalue weighted by atomic mass is 9.96. The zero-order valence-corrected chi connectivity index (χ0v) is 78.8. The van der Waals surface area contributed by atoms with Crippen LogP contribution >= 0.6 is 0 Å². The molecule has 27 aromatic rings. The van der Waals surface area contributed by atoms with Crippen LogP contribution < -0.4 is 14.7 Å². The van der Waals surface area contributed by atoms with Gasteiger partial charge in [0.25, 0.3) is 0 Å². The predicted octanol–water partition coefficient (Wildman–Crippen LogP) is 39.6. The lowest BCUT2D eigenvalue weighted by Crippen LogP contribution is -2.10. The van der Waals surface area contributed by atoms with Crippen molar-refractivity contribution in [3.8, 4) is 100 Å². The topological polar surface area (TPSA) is 49.1 Å². The van der Waals surface area contributed by atoms with Crippen LogP contribution in [0, 0.1) is 0 Å². The van der Waals surface area contributed by atoms with Crippen LogP contribution in [-0.4, -0.2) is 0 Å². The number of para-hydroxylation sites is 3. The fourth-order valence-corrected chi connectivity index (χ4v) is 20.9. The average Bonchev–Trinajstić information content (AvgIpc) is 1.57. The number of nitrogens with zero attached hydrogens (tertiary/aromatic N) is 3. The van der Waals surface area contributed by atoms with Gasteiger partial charge in [0.05, 0.1) is 17.1 Å². The van der Waals surface area contributed by atoms with Crippen LogP contribution in [0.15, 0.2) is 577 Å². The second-order valence-electron chi connectivity index (χ2n) is 36.4. The number of anilines is 9. The second-order valence-corrected chi connectivity index (χ2v) is 36.4. The summed E-state index contributed by atoms with van der Waals surface area (Å²) in [6.07, 6.45) is 0. The molecule has 0 amide bonds. The Labute approximate surface area is 835 Å². The molecule has 6 nitrogen and oxygen atoms in total. The van der Waals surface area contributed by atoms with Gasteiger partial charge in [0.2, 0.25) is 0 Å². The molecule has 0 radical (unpaired) electrons. The molecule has 0 N–H and O–H groups in total. The number of fused-ring (bicyclic) bond motifs is 15. The summed E-state index contributed by atoms with van der Waals surface area (Å²) in [5, 5.41) is 13.9. The van der Waals surface area contributed by atoms with Crippen molar-refractivity contribution < 1.29 is 13.3 Å². The van der Waals surface area contributed by atoms with E-state index < -0.39 is 0 Å². The predicted molar refractivity (Wildman–Crippen MR) is 607 cm³/mol. The van der Waals surface area contributed by atoms with E-state index in [9.17, 15) is 0 Å². The summed E-state index contributed by atoms with van der Waals surface area (Å²) >= 11 is 0. The van der Waals surface area contributed by atoms with Gasteiger partial charge < -0.3 is 28.0 Å². The first kappa shape index (κ1) is 86.4. The summed E-state index contributed by atoms with van der Waals surface area (Å²) in [5.41, 5.74) is 35.4. The van der Waals surface area contributed by atoms with Crippen LogP contribution in [0.2, 0.25) is 0 Å². The van der Waals surface area contributed by atoms with Crippen LogP contribution in [0.25, 0.3) is 198 Å². The first-order valence-electron chi connectivity index (χ1n) is 49.1. The maximum atomic E-state index is 7.09. The van der Waals surface area contributed by atoms with Gasteiger partial charge >= 0.3 is 0 Å². The number of hydrogen-bond acceptors (Lipinski definition) is 6. The van der Waals surface area contributed by atoms with Crippen LogP contribution in [-0.2, 0) is 0 Å². The van der Waals surface area contributed by atoms with Crippen molar-refractivity contribution in [2.24, 2.45) is 0 Å². The number of hydrogen-bond donors (Lipinski definition) is 0. The minimum Gasteiger partial charge on any atom is -0.453 e. The Morgan fingerprint density at radius 3 is 0.562 bits per heavy atom. The monoisotopic (exact) mass is 1840 g/mol. The first-order chi connectivity index (χ1) is 71.4. The summed E-state index contributed by atoms with van der Waals surface area (Å²) < 4.78 is 21.2. The quantitative estimate of drug-likeness (QED) is 0.0853. The van der Waals surface area contributed by atoms with Gasteiger partial charge in [0.1, 0.15) is 16.7 Å². The van der Waals surface area contributed by atoms with Crippen molar-refractivity contribution in [3.05, 3.63) is 564 Å². The van der Waals surface area contributed by atoms with E-state index >= 15 is 0 Å². The maximum absolute atomic E-state index is 7.09. The maximum Gasteiger partial charge on any atom is 0.159 e. The molecular formula is C138H93N3O3. The van der Waals surface area contributed by atoms with E-state index in [1.54, 1.807) is 0 Å². The molecule has 144 heavy (non-hydrogen) atoms. The molecule has 0 fully saturated rings. The van der Waals surface area contributed by atoms with Gasteiger partial charge in [-0.25, -0.2) is 0 Å². The second kappa shape index (κ2) is 38.3. The average molecular weight is 1840 g/mol. The highest BCUT2D eigenvalue weighted by molar-refractivity contribution is 6.27. The van der Waals surface area contributed by atoms with E-state index in [4.69, 9.17) is 13.3 Å². The molecule has 27 rings (SSSR count). The van der Waals surface area contributed by atoms with Crippen molar-refractivity contribution >= 4 is 149 Å². The zero-order chi connectivity index (χ0) is 95.6.